The molecule has 0 radical (unpaired) electrons. The van der Waals surface area contributed by atoms with Gasteiger partial charge in [0, 0.05) is 33.8 Å². The van der Waals surface area contributed by atoms with Gasteiger partial charge in [0.25, 0.3) is 0 Å². The lowest BCUT2D eigenvalue weighted by Gasteiger charge is -2.44. The number of allylic oxidation sites excluding steroid dienone is 2. The molecular formula is C25H26BrN3O2. The molecule has 1 unspecified atom stereocenters. The average Bonchev–Trinajstić information content (AvgIpc) is 2.67. The van der Waals surface area contributed by atoms with Gasteiger partial charge in [-0.25, -0.2) is 0 Å². The van der Waals surface area contributed by atoms with Crippen LogP contribution >= 0.6 is 15.9 Å². The van der Waals surface area contributed by atoms with E-state index < -0.39 is 11.8 Å². The second kappa shape index (κ2) is 7.68. The first-order chi connectivity index (χ1) is 14.6. The smallest absolute Gasteiger partial charge is 0.249 e. The van der Waals surface area contributed by atoms with E-state index in [9.17, 15) is 9.59 Å². The number of hydrogen-bond acceptors (Lipinski definition) is 4. The zero-order chi connectivity index (χ0) is 22.5. The van der Waals surface area contributed by atoms with Crippen molar-refractivity contribution in [3.63, 3.8) is 0 Å². The highest BCUT2D eigenvalue weighted by atomic mass is 79.9. The number of nitrogens with zero attached hydrogens (tertiary/aromatic N) is 1. The van der Waals surface area contributed by atoms with Crippen LogP contribution in [0.15, 0.2) is 75.7 Å². The van der Waals surface area contributed by atoms with E-state index in [2.05, 4.69) is 29.8 Å². The molecule has 0 saturated heterocycles. The number of nitrogens with two attached hydrogens (primary N) is 2. The average molecular weight is 480 g/mol. The molecule has 6 heteroatoms. The molecule has 5 nitrogen and oxygen atoms in total. The molecule has 1 atom stereocenters. The summed E-state index contributed by atoms with van der Waals surface area (Å²) < 4.78 is 0.928. The van der Waals surface area contributed by atoms with Gasteiger partial charge < -0.3 is 11.5 Å². The highest BCUT2D eigenvalue weighted by Gasteiger charge is 2.45. The fourth-order valence-electron chi connectivity index (χ4n) is 4.63. The molecule has 4 rings (SSSR count). The summed E-state index contributed by atoms with van der Waals surface area (Å²) in [7, 11) is 0. The molecule has 2 aliphatic rings. The van der Waals surface area contributed by atoms with Crippen LogP contribution in [0.5, 0.6) is 0 Å². The molecule has 0 saturated carbocycles. The lowest BCUT2D eigenvalue weighted by molar-refractivity contribution is -0.118. The van der Waals surface area contributed by atoms with Gasteiger partial charge in [0.15, 0.2) is 5.78 Å². The highest BCUT2D eigenvalue weighted by molar-refractivity contribution is 9.10. The Morgan fingerprint density at radius 1 is 1.06 bits per heavy atom. The van der Waals surface area contributed by atoms with Crippen LogP contribution in [0.4, 0.5) is 5.69 Å². The van der Waals surface area contributed by atoms with Gasteiger partial charge in [-0.2, -0.15) is 0 Å². The van der Waals surface area contributed by atoms with Gasteiger partial charge in [-0.3, -0.25) is 14.5 Å². The number of halogens is 1. The van der Waals surface area contributed by atoms with Crippen LogP contribution in [-0.4, -0.2) is 11.7 Å². The van der Waals surface area contributed by atoms with E-state index in [4.69, 9.17) is 11.5 Å². The Kier molecular flexibility index (Phi) is 5.30. The maximum Gasteiger partial charge on any atom is 0.249 e. The van der Waals surface area contributed by atoms with Crippen LogP contribution in [0.3, 0.4) is 0 Å². The third-order valence-electron chi connectivity index (χ3n) is 6.02. The number of anilines is 1. The summed E-state index contributed by atoms with van der Waals surface area (Å²) in [6.45, 7) is 6.16. The summed E-state index contributed by atoms with van der Waals surface area (Å²) in [6.07, 6.45) is 1.08. The van der Waals surface area contributed by atoms with E-state index in [1.807, 2.05) is 60.4 Å². The molecular weight excluding hydrogens is 454 g/mol. The van der Waals surface area contributed by atoms with Crippen molar-refractivity contribution in [1.82, 2.24) is 0 Å². The quantitative estimate of drug-likeness (QED) is 0.669. The molecule has 0 bridgehead atoms. The Labute approximate surface area is 190 Å². The second-order valence-corrected chi connectivity index (χ2v) is 10.0. The van der Waals surface area contributed by atoms with Gasteiger partial charge in [-0.1, -0.05) is 59.6 Å². The molecule has 2 aromatic carbocycles. The van der Waals surface area contributed by atoms with Crippen LogP contribution in [0.25, 0.3) is 0 Å². The Balaban J connectivity index is 2.01. The molecule has 0 spiro atoms. The lowest BCUT2D eigenvalue weighted by atomic mass is 9.68. The largest absolute Gasteiger partial charge is 0.384 e. The van der Waals surface area contributed by atoms with Crippen molar-refractivity contribution in [3.8, 4) is 0 Å². The molecule has 2 aromatic rings. The molecule has 1 aliphatic carbocycles. The van der Waals surface area contributed by atoms with Crippen LogP contribution in [0.2, 0.25) is 0 Å². The van der Waals surface area contributed by atoms with Gasteiger partial charge in [-0.05, 0) is 48.6 Å². The van der Waals surface area contributed by atoms with Crippen LogP contribution in [0.1, 0.15) is 43.7 Å². The molecule has 31 heavy (non-hydrogen) atoms. The van der Waals surface area contributed by atoms with Crippen molar-refractivity contribution < 1.29 is 9.59 Å². The third kappa shape index (κ3) is 3.81. The molecule has 4 N–H and O–H groups in total. The summed E-state index contributed by atoms with van der Waals surface area (Å²) in [4.78, 5) is 28.0. The normalized spacial score (nSPS) is 20.7. The van der Waals surface area contributed by atoms with Gasteiger partial charge >= 0.3 is 0 Å². The maximum absolute atomic E-state index is 13.5. The predicted molar refractivity (Wildman–Crippen MR) is 126 cm³/mol. The zero-order valence-corrected chi connectivity index (χ0v) is 19.5. The van der Waals surface area contributed by atoms with E-state index in [1.54, 1.807) is 0 Å². The van der Waals surface area contributed by atoms with E-state index >= 15 is 0 Å². The number of carbonyl (C=O) groups is 2. The number of Topliss-reactive ketones (excluding diaryl/α,β-unsaturated/α-hetero) is 1. The van der Waals surface area contributed by atoms with Gasteiger partial charge in [-0.15, -0.1) is 0 Å². The fourth-order valence-corrected chi connectivity index (χ4v) is 4.90. The number of hydrogen-bond donors (Lipinski definition) is 2. The Bertz CT molecular complexity index is 1130. The predicted octanol–water partition coefficient (Wildman–Crippen LogP) is 4.66. The summed E-state index contributed by atoms with van der Waals surface area (Å²) in [5.74, 6) is -0.868. The first-order valence-electron chi connectivity index (χ1n) is 10.3. The Morgan fingerprint density at radius 2 is 1.68 bits per heavy atom. The first-order valence-corrected chi connectivity index (χ1v) is 11.1. The molecule has 160 valence electrons. The van der Waals surface area contributed by atoms with Crippen LogP contribution in [-0.2, 0) is 9.59 Å². The van der Waals surface area contributed by atoms with Crippen molar-refractivity contribution in [2.45, 2.75) is 39.5 Å². The van der Waals surface area contributed by atoms with Gasteiger partial charge in [0.2, 0.25) is 5.91 Å². The molecule has 0 fully saturated rings. The number of primary amides is 1. The second-order valence-electron chi connectivity index (χ2n) is 9.12. The van der Waals surface area contributed by atoms with E-state index in [1.165, 1.54) is 0 Å². The number of amides is 1. The summed E-state index contributed by atoms with van der Waals surface area (Å²) in [6, 6.07) is 15.5. The SMILES string of the molecule is Cc1ccc(C2C(C(N)=O)=C(N)N(c3ccc(Br)cc3)C3=C2C(=O)CC(C)(C)C3)cc1. The van der Waals surface area contributed by atoms with Crippen LogP contribution < -0.4 is 16.4 Å². The van der Waals surface area contributed by atoms with E-state index in [0.29, 0.717) is 18.4 Å². The maximum atomic E-state index is 13.5. The number of carbonyl (C=O) groups excluding carboxylic acids is 2. The van der Waals surface area contributed by atoms with Crippen molar-refractivity contribution >= 4 is 33.3 Å². The van der Waals surface area contributed by atoms with Gasteiger partial charge in [0.1, 0.15) is 5.82 Å². The van der Waals surface area contributed by atoms with Crippen molar-refractivity contribution in [2.75, 3.05) is 4.90 Å². The lowest BCUT2D eigenvalue weighted by Crippen LogP contribution is -2.44. The minimum atomic E-state index is -0.616. The number of ketones is 1. The number of benzene rings is 2. The monoisotopic (exact) mass is 479 g/mol. The molecule has 0 aromatic heterocycles. The third-order valence-corrected chi connectivity index (χ3v) is 6.55. The number of aryl methyl sites for hydroxylation is 1. The summed E-state index contributed by atoms with van der Waals surface area (Å²) >= 11 is 3.46. The summed E-state index contributed by atoms with van der Waals surface area (Å²) in [5, 5.41) is 0. The van der Waals surface area contributed by atoms with Crippen molar-refractivity contribution in [1.29, 1.82) is 0 Å². The highest BCUT2D eigenvalue weighted by Crippen LogP contribution is 2.50. The topological polar surface area (TPSA) is 89.4 Å². The first kappa shape index (κ1) is 21.4. The zero-order valence-electron chi connectivity index (χ0n) is 17.9. The summed E-state index contributed by atoms with van der Waals surface area (Å²) in [5.41, 5.74) is 16.7. The Hall–Kier alpha value is -2.86. The van der Waals surface area contributed by atoms with E-state index in [0.717, 1.165) is 27.0 Å². The van der Waals surface area contributed by atoms with Crippen LogP contribution in [0, 0.1) is 12.3 Å². The fraction of sp³-hybridized carbons (Fsp3) is 0.280. The van der Waals surface area contributed by atoms with Crippen molar-refractivity contribution in [2.24, 2.45) is 16.9 Å². The molecule has 1 aliphatic heterocycles. The standard InChI is InChI=1S/C25H26BrN3O2/c1-14-4-6-15(7-5-14)20-21-18(12-25(2,3)13-19(21)30)29(23(27)22(20)24(28)31)17-10-8-16(26)9-11-17/h4-11,20H,12-13,27H2,1-3H3,(H2,28,31). The van der Waals surface area contributed by atoms with Crippen molar-refractivity contribution in [3.05, 3.63) is 86.8 Å². The van der Waals surface area contributed by atoms with E-state index in [-0.39, 0.29) is 22.6 Å². The minimum Gasteiger partial charge on any atom is -0.384 e. The minimum absolute atomic E-state index is 0.0326. The molecule has 1 heterocycles. The Morgan fingerprint density at radius 3 is 2.26 bits per heavy atom. The van der Waals surface area contributed by atoms with Gasteiger partial charge in [0.05, 0.1) is 5.57 Å². The number of rotatable bonds is 3. The molecule has 1 amide bonds.